The topological polar surface area (TPSA) is 34.0 Å². The van der Waals surface area contributed by atoms with E-state index in [-0.39, 0.29) is 5.91 Å². The molecule has 3 aromatic rings. The molecule has 2 aromatic carbocycles. The van der Waals surface area contributed by atoms with E-state index in [0.29, 0.717) is 12.1 Å². The summed E-state index contributed by atoms with van der Waals surface area (Å²) in [5.41, 5.74) is 3.19. The van der Waals surface area contributed by atoms with Crippen LogP contribution in [-0.4, -0.2) is 17.0 Å². The van der Waals surface area contributed by atoms with E-state index in [0.717, 1.165) is 17.4 Å². The molecule has 1 amide bonds. The molecule has 0 radical (unpaired) electrons. The molecule has 0 atom stereocenters. The molecule has 0 saturated carbocycles. The van der Waals surface area contributed by atoms with Gasteiger partial charge < -0.3 is 9.88 Å². The van der Waals surface area contributed by atoms with Crippen LogP contribution in [0, 0.1) is 6.92 Å². The highest BCUT2D eigenvalue weighted by molar-refractivity contribution is 9.10. The molecule has 0 unspecified atom stereocenters. The normalized spacial score (nSPS) is 10.9. The first kappa shape index (κ1) is 15.8. The molecule has 4 heteroatoms. The molecule has 3 nitrogen and oxygen atoms in total. The number of benzene rings is 2. The Hall–Kier alpha value is -2.07. The second kappa shape index (κ2) is 7.01. The van der Waals surface area contributed by atoms with Gasteiger partial charge in [-0.15, -0.1) is 0 Å². The van der Waals surface area contributed by atoms with Crippen LogP contribution >= 0.6 is 15.9 Å². The number of para-hydroxylation sites is 1. The zero-order valence-corrected chi connectivity index (χ0v) is 14.6. The molecule has 0 aliphatic heterocycles. The first-order valence-electron chi connectivity index (χ1n) is 7.74. The molecule has 0 aliphatic rings. The van der Waals surface area contributed by atoms with Crippen molar-refractivity contribution in [2.24, 2.45) is 0 Å². The minimum Gasteiger partial charge on any atom is -0.352 e. The monoisotopic (exact) mass is 370 g/mol. The molecule has 1 N–H and O–H groups in total. The Morgan fingerprint density at radius 3 is 2.78 bits per heavy atom. The van der Waals surface area contributed by atoms with Crippen LogP contribution in [0.1, 0.15) is 22.5 Å². The average molecular weight is 371 g/mol. The lowest BCUT2D eigenvalue weighted by Crippen LogP contribution is -2.25. The van der Waals surface area contributed by atoms with Gasteiger partial charge in [-0.1, -0.05) is 40.2 Å². The fraction of sp³-hybridized carbons (Fsp3) is 0.211. The van der Waals surface area contributed by atoms with Crippen LogP contribution in [0.4, 0.5) is 0 Å². The van der Waals surface area contributed by atoms with Crippen LogP contribution in [0.2, 0.25) is 0 Å². The summed E-state index contributed by atoms with van der Waals surface area (Å²) in [6.07, 6.45) is 0.902. The molecule has 0 bridgehead atoms. The number of amides is 1. The van der Waals surface area contributed by atoms with Crippen LogP contribution in [0.5, 0.6) is 0 Å². The van der Waals surface area contributed by atoms with Gasteiger partial charge in [-0.05, 0) is 49.1 Å². The summed E-state index contributed by atoms with van der Waals surface area (Å²) in [7, 11) is 0. The Morgan fingerprint density at radius 1 is 1.13 bits per heavy atom. The number of hydrogen-bond acceptors (Lipinski definition) is 1. The summed E-state index contributed by atoms with van der Waals surface area (Å²) in [5, 5.41) is 4.25. The minimum absolute atomic E-state index is 0.0274. The molecular weight excluding hydrogens is 352 g/mol. The highest BCUT2D eigenvalue weighted by Gasteiger charge is 2.07. The SMILES string of the molecule is Cc1cc2ccccc2n1CCCNC(=O)c1cccc(Br)c1. The van der Waals surface area contributed by atoms with E-state index in [9.17, 15) is 4.79 Å². The van der Waals surface area contributed by atoms with Crippen molar-refractivity contribution in [1.82, 2.24) is 9.88 Å². The molecular formula is C19H19BrN2O. The Morgan fingerprint density at radius 2 is 1.96 bits per heavy atom. The summed E-state index contributed by atoms with van der Waals surface area (Å²) in [5.74, 6) is -0.0274. The van der Waals surface area contributed by atoms with E-state index in [1.165, 1.54) is 16.6 Å². The smallest absolute Gasteiger partial charge is 0.251 e. The number of nitrogens with one attached hydrogen (secondary N) is 1. The van der Waals surface area contributed by atoms with E-state index >= 15 is 0 Å². The van der Waals surface area contributed by atoms with Gasteiger partial charge >= 0.3 is 0 Å². The largest absolute Gasteiger partial charge is 0.352 e. The second-order valence-electron chi connectivity index (χ2n) is 5.62. The van der Waals surface area contributed by atoms with E-state index in [1.807, 2.05) is 24.3 Å². The Labute approximate surface area is 144 Å². The van der Waals surface area contributed by atoms with Crippen molar-refractivity contribution in [3.05, 3.63) is 70.3 Å². The standard InChI is InChI=1S/C19H19BrN2O/c1-14-12-15-6-2-3-9-18(15)22(14)11-5-10-21-19(23)16-7-4-8-17(20)13-16/h2-4,6-9,12-13H,5,10-11H2,1H3,(H,21,23). The second-order valence-corrected chi connectivity index (χ2v) is 6.53. The Kier molecular flexibility index (Phi) is 4.82. The number of rotatable bonds is 5. The third-order valence-corrected chi connectivity index (χ3v) is 4.44. The van der Waals surface area contributed by atoms with Crippen molar-refractivity contribution in [3.63, 3.8) is 0 Å². The van der Waals surface area contributed by atoms with E-state index in [4.69, 9.17) is 0 Å². The van der Waals surface area contributed by atoms with Crippen LogP contribution < -0.4 is 5.32 Å². The summed E-state index contributed by atoms with van der Waals surface area (Å²) < 4.78 is 3.22. The lowest BCUT2D eigenvalue weighted by atomic mass is 10.2. The molecule has 0 aliphatic carbocycles. The summed E-state index contributed by atoms with van der Waals surface area (Å²) in [4.78, 5) is 12.1. The van der Waals surface area contributed by atoms with Gasteiger partial charge in [0, 0.05) is 34.3 Å². The van der Waals surface area contributed by atoms with Gasteiger partial charge in [-0.3, -0.25) is 4.79 Å². The van der Waals surface area contributed by atoms with Crippen LogP contribution in [-0.2, 0) is 6.54 Å². The van der Waals surface area contributed by atoms with Crippen molar-refractivity contribution in [3.8, 4) is 0 Å². The third-order valence-electron chi connectivity index (χ3n) is 3.95. The lowest BCUT2D eigenvalue weighted by molar-refractivity contribution is 0.0952. The van der Waals surface area contributed by atoms with Gasteiger partial charge in [-0.2, -0.15) is 0 Å². The maximum atomic E-state index is 12.1. The number of carbonyl (C=O) groups excluding carboxylic acids is 1. The Balaban J connectivity index is 1.57. The molecule has 1 aromatic heterocycles. The molecule has 0 spiro atoms. The average Bonchev–Trinajstić information content (AvgIpc) is 2.87. The number of halogens is 1. The minimum atomic E-state index is -0.0274. The number of hydrogen-bond donors (Lipinski definition) is 1. The van der Waals surface area contributed by atoms with E-state index < -0.39 is 0 Å². The number of nitrogens with zero attached hydrogens (tertiary/aromatic N) is 1. The molecule has 1 heterocycles. The lowest BCUT2D eigenvalue weighted by Gasteiger charge is -2.09. The van der Waals surface area contributed by atoms with Gasteiger partial charge in [0.15, 0.2) is 0 Å². The molecule has 3 rings (SSSR count). The quantitative estimate of drug-likeness (QED) is 0.657. The van der Waals surface area contributed by atoms with Gasteiger partial charge in [0.1, 0.15) is 0 Å². The first-order chi connectivity index (χ1) is 11.1. The maximum Gasteiger partial charge on any atom is 0.251 e. The van der Waals surface area contributed by atoms with E-state index in [1.54, 1.807) is 0 Å². The fourth-order valence-electron chi connectivity index (χ4n) is 2.82. The number of fused-ring (bicyclic) bond motifs is 1. The molecule has 23 heavy (non-hydrogen) atoms. The van der Waals surface area contributed by atoms with Crippen molar-refractivity contribution in [2.45, 2.75) is 19.9 Å². The summed E-state index contributed by atoms with van der Waals surface area (Å²) in [6.45, 7) is 3.69. The summed E-state index contributed by atoms with van der Waals surface area (Å²) in [6, 6.07) is 18.0. The van der Waals surface area contributed by atoms with Crippen molar-refractivity contribution >= 4 is 32.7 Å². The van der Waals surface area contributed by atoms with Crippen LogP contribution in [0.3, 0.4) is 0 Å². The van der Waals surface area contributed by atoms with Crippen LogP contribution in [0.15, 0.2) is 59.1 Å². The van der Waals surface area contributed by atoms with Crippen LogP contribution in [0.25, 0.3) is 10.9 Å². The number of aryl methyl sites for hydroxylation is 2. The van der Waals surface area contributed by atoms with Gasteiger partial charge in [0.25, 0.3) is 5.91 Å². The molecule has 0 fully saturated rings. The van der Waals surface area contributed by atoms with Crippen molar-refractivity contribution in [1.29, 1.82) is 0 Å². The zero-order chi connectivity index (χ0) is 16.2. The first-order valence-corrected chi connectivity index (χ1v) is 8.53. The number of carbonyl (C=O) groups is 1. The van der Waals surface area contributed by atoms with Gasteiger partial charge in [-0.25, -0.2) is 0 Å². The third kappa shape index (κ3) is 3.64. The fourth-order valence-corrected chi connectivity index (χ4v) is 3.22. The Bertz CT molecular complexity index is 838. The van der Waals surface area contributed by atoms with Gasteiger partial charge in [0.05, 0.1) is 0 Å². The molecule has 118 valence electrons. The van der Waals surface area contributed by atoms with Crippen molar-refractivity contribution < 1.29 is 4.79 Å². The number of aromatic nitrogens is 1. The van der Waals surface area contributed by atoms with Crippen molar-refractivity contribution in [2.75, 3.05) is 6.54 Å². The highest BCUT2D eigenvalue weighted by atomic mass is 79.9. The predicted molar refractivity (Wildman–Crippen MR) is 97.8 cm³/mol. The van der Waals surface area contributed by atoms with E-state index in [2.05, 4.69) is 63.1 Å². The zero-order valence-electron chi connectivity index (χ0n) is 13.1. The summed E-state index contributed by atoms with van der Waals surface area (Å²) >= 11 is 3.39. The molecule has 0 saturated heterocycles. The highest BCUT2D eigenvalue weighted by Crippen LogP contribution is 2.19. The maximum absolute atomic E-state index is 12.1. The van der Waals surface area contributed by atoms with Gasteiger partial charge in [0.2, 0.25) is 0 Å². The predicted octanol–water partition coefficient (Wildman–Crippen LogP) is 4.53.